The molecule has 2 aromatic rings. The predicted molar refractivity (Wildman–Crippen MR) is 75.7 cm³/mol. The monoisotopic (exact) mass is 271 g/mol. The molecule has 0 saturated heterocycles. The summed E-state index contributed by atoms with van der Waals surface area (Å²) in [5.74, 6) is -0.324. The Kier molecular flexibility index (Phi) is 3.10. The van der Waals surface area contributed by atoms with Crippen molar-refractivity contribution in [3.8, 4) is 11.3 Å². The maximum atomic E-state index is 11.7. The molecule has 0 bridgehead atoms. The van der Waals surface area contributed by atoms with Crippen LogP contribution >= 0.6 is 0 Å². The molecular weight excluding hydrogens is 254 g/mol. The summed E-state index contributed by atoms with van der Waals surface area (Å²) in [4.78, 5) is 11.7. The van der Waals surface area contributed by atoms with Crippen LogP contribution in [0, 0.1) is 0 Å². The molecular formula is C16H17NO3. The highest BCUT2D eigenvalue weighted by Crippen LogP contribution is 2.38. The number of carbonyl (C=O) groups excluding carboxylic acids is 1. The summed E-state index contributed by atoms with van der Waals surface area (Å²) >= 11 is 0. The van der Waals surface area contributed by atoms with Crippen molar-refractivity contribution in [3.63, 3.8) is 0 Å². The minimum absolute atomic E-state index is 0.324. The highest BCUT2D eigenvalue weighted by Gasteiger charge is 2.23. The van der Waals surface area contributed by atoms with Crippen molar-refractivity contribution in [2.24, 2.45) is 0 Å². The van der Waals surface area contributed by atoms with Gasteiger partial charge in [0.25, 0.3) is 0 Å². The lowest BCUT2D eigenvalue weighted by Gasteiger charge is -2.11. The Bertz CT molecular complexity index is 670. The van der Waals surface area contributed by atoms with Crippen molar-refractivity contribution < 1.29 is 14.6 Å². The second-order valence-electron chi connectivity index (χ2n) is 5.23. The van der Waals surface area contributed by atoms with Crippen LogP contribution < -0.4 is 0 Å². The van der Waals surface area contributed by atoms with Gasteiger partial charge in [-0.1, -0.05) is 6.07 Å². The first-order chi connectivity index (χ1) is 9.60. The SMILES string of the molecule is COC(=O)c1ccc2c(c1)-c1c(ccn1CC(C)O)C2. The first-order valence-corrected chi connectivity index (χ1v) is 6.68. The number of aliphatic hydroxyl groups is 1. The van der Waals surface area contributed by atoms with E-state index in [0.29, 0.717) is 12.1 Å². The quantitative estimate of drug-likeness (QED) is 0.743. The largest absolute Gasteiger partial charge is 0.465 e. The molecule has 0 spiro atoms. The van der Waals surface area contributed by atoms with Gasteiger partial charge in [-0.05, 0) is 36.2 Å². The third-order valence-electron chi connectivity index (χ3n) is 3.67. The standard InChI is InChI=1S/C16H17NO3/c1-10(18)9-17-6-5-12-7-11-3-4-13(16(19)20-2)8-14(11)15(12)17/h3-6,8,10,18H,7,9H2,1-2H3. The average Bonchev–Trinajstić information content (AvgIpc) is 2.96. The fourth-order valence-electron chi connectivity index (χ4n) is 2.83. The number of aromatic nitrogens is 1. The van der Waals surface area contributed by atoms with Gasteiger partial charge in [-0.2, -0.15) is 0 Å². The molecule has 0 fully saturated rings. The van der Waals surface area contributed by atoms with Gasteiger partial charge in [-0.25, -0.2) is 4.79 Å². The zero-order chi connectivity index (χ0) is 14.3. The van der Waals surface area contributed by atoms with Crippen molar-refractivity contribution in [2.45, 2.75) is 26.0 Å². The Balaban J connectivity index is 2.07. The van der Waals surface area contributed by atoms with E-state index in [1.54, 1.807) is 13.0 Å². The van der Waals surface area contributed by atoms with Crippen LogP contribution in [-0.4, -0.2) is 28.9 Å². The van der Waals surface area contributed by atoms with Crippen LogP contribution in [0.4, 0.5) is 0 Å². The van der Waals surface area contributed by atoms with Crippen molar-refractivity contribution in [2.75, 3.05) is 7.11 Å². The van der Waals surface area contributed by atoms with Crippen LogP contribution in [0.5, 0.6) is 0 Å². The highest BCUT2D eigenvalue weighted by molar-refractivity contribution is 5.92. The van der Waals surface area contributed by atoms with Gasteiger partial charge >= 0.3 is 5.97 Å². The number of esters is 1. The van der Waals surface area contributed by atoms with Crippen molar-refractivity contribution in [1.29, 1.82) is 0 Å². The Morgan fingerprint density at radius 2 is 2.20 bits per heavy atom. The molecule has 0 saturated carbocycles. The van der Waals surface area contributed by atoms with E-state index in [9.17, 15) is 9.90 Å². The number of rotatable bonds is 3. The van der Waals surface area contributed by atoms with E-state index in [1.807, 2.05) is 22.9 Å². The van der Waals surface area contributed by atoms with Crippen LogP contribution in [0.25, 0.3) is 11.3 Å². The van der Waals surface area contributed by atoms with E-state index in [2.05, 4.69) is 6.07 Å². The van der Waals surface area contributed by atoms with Crippen molar-refractivity contribution in [1.82, 2.24) is 4.57 Å². The summed E-state index contributed by atoms with van der Waals surface area (Å²) in [6, 6.07) is 7.74. The molecule has 1 atom stereocenters. The molecule has 0 aliphatic heterocycles. The molecule has 1 unspecified atom stereocenters. The number of nitrogens with zero attached hydrogens (tertiary/aromatic N) is 1. The summed E-state index contributed by atoms with van der Waals surface area (Å²) in [6.07, 6.45) is 2.46. The van der Waals surface area contributed by atoms with Gasteiger partial charge in [-0.3, -0.25) is 0 Å². The number of fused-ring (bicyclic) bond motifs is 3. The van der Waals surface area contributed by atoms with E-state index in [-0.39, 0.29) is 5.97 Å². The minimum Gasteiger partial charge on any atom is -0.465 e. The molecule has 1 aromatic carbocycles. The molecule has 0 amide bonds. The van der Waals surface area contributed by atoms with Gasteiger partial charge in [0.2, 0.25) is 0 Å². The van der Waals surface area contributed by atoms with Gasteiger partial charge in [0.15, 0.2) is 0 Å². The van der Waals surface area contributed by atoms with Crippen LogP contribution in [0.15, 0.2) is 30.5 Å². The van der Waals surface area contributed by atoms with E-state index < -0.39 is 6.10 Å². The van der Waals surface area contributed by atoms with Crippen molar-refractivity contribution in [3.05, 3.63) is 47.2 Å². The van der Waals surface area contributed by atoms with E-state index in [4.69, 9.17) is 4.74 Å². The van der Waals surface area contributed by atoms with Crippen LogP contribution in [-0.2, 0) is 17.7 Å². The number of carbonyl (C=O) groups is 1. The Labute approximate surface area is 117 Å². The number of ether oxygens (including phenoxy) is 1. The maximum absolute atomic E-state index is 11.7. The molecule has 20 heavy (non-hydrogen) atoms. The lowest BCUT2D eigenvalue weighted by Crippen LogP contribution is -2.11. The fourth-order valence-corrected chi connectivity index (χ4v) is 2.83. The average molecular weight is 271 g/mol. The first kappa shape index (κ1) is 12.9. The first-order valence-electron chi connectivity index (χ1n) is 6.68. The van der Waals surface area contributed by atoms with Crippen LogP contribution in [0.1, 0.15) is 28.4 Å². The third kappa shape index (κ3) is 2.02. The third-order valence-corrected chi connectivity index (χ3v) is 3.67. The van der Waals surface area contributed by atoms with Crippen LogP contribution in [0.2, 0.25) is 0 Å². The lowest BCUT2D eigenvalue weighted by molar-refractivity contribution is 0.0600. The van der Waals surface area contributed by atoms with Gasteiger partial charge in [0.1, 0.15) is 0 Å². The lowest BCUT2D eigenvalue weighted by atomic mass is 10.1. The molecule has 1 aromatic heterocycles. The van der Waals surface area contributed by atoms with E-state index in [0.717, 1.165) is 17.7 Å². The van der Waals surface area contributed by atoms with E-state index in [1.165, 1.54) is 18.2 Å². The topological polar surface area (TPSA) is 51.5 Å². The molecule has 1 aliphatic carbocycles. The second-order valence-corrected chi connectivity index (χ2v) is 5.23. The number of methoxy groups -OCH3 is 1. The summed E-state index contributed by atoms with van der Waals surface area (Å²) in [6.45, 7) is 2.32. The molecule has 4 heteroatoms. The zero-order valence-corrected chi connectivity index (χ0v) is 11.6. The number of aliphatic hydroxyl groups excluding tert-OH is 1. The molecule has 4 nitrogen and oxygen atoms in total. The molecule has 3 rings (SSSR count). The summed E-state index contributed by atoms with van der Waals surface area (Å²) in [5.41, 5.74) is 5.18. The summed E-state index contributed by atoms with van der Waals surface area (Å²) < 4.78 is 6.82. The Morgan fingerprint density at radius 1 is 1.40 bits per heavy atom. The van der Waals surface area contributed by atoms with Crippen LogP contribution in [0.3, 0.4) is 0 Å². The number of hydrogen-bond donors (Lipinski definition) is 1. The number of benzene rings is 1. The van der Waals surface area contributed by atoms with Crippen molar-refractivity contribution >= 4 is 5.97 Å². The van der Waals surface area contributed by atoms with Gasteiger partial charge < -0.3 is 14.4 Å². The molecule has 1 aliphatic rings. The second kappa shape index (κ2) is 4.80. The Morgan fingerprint density at radius 3 is 2.90 bits per heavy atom. The summed E-state index contributed by atoms with van der Waals surface area (Å²) in [7, 11) is 1.39. The van der Waals surface area contributed by atoms with E-state index >= 15 is 0 Å². The smallest absolute Gasteiger partial charge is 0.337 e. The molecule has 104 valence electrons. The van der Waals surface area contributed by atoms with Gasteiger partial charge in [-0.15, -0.1) is 0 Å². The maximum Gasteiger partial charge on any atom is 0.337 e. The summed E-state index contributed by atoms with van der Waals surface area (Å²) in [5, 5.41) is 9.59. The van der Waals surface area contributed by atoms with Gasteiger partial charge in [0.05, 0.1) is 24.5 Å². The predicted octanol–water partition coefficient (Wildman–Crippen LogP) is 2.23. The normalized spacial score (nSPS) is 13.8. The number of hydrogen-bond acceptors (Lipinski definition) is 3. The Hall–Kier alpha value is -2.07. The fraction of sp³-hybridized carbons (Fsp3) is 0.312. The zero-order valence-electron chi connectivity index (χ0n) is 11.6. The molecule has 1 heterocycles. The minimum atomic E-state index is -0.403. The molecule has 0 radical (unpaired) electrons. The molecule has 1 N–H and O–H groups in total. The van der Waals surface area contributed by atoms with Gasteiger partial charge in [0, 0.05) is 24.7 Å². The highest BCUT2D eigenvalue weighted by atomic mass is 16.5.